The van der Waals surface area contributed by atoms with Crippen LogP contribution < -0.4 is 5.32 Å². The van der Waals surface area contributed by atoms with Crippen LogP contribution in [0.3, 0.4) is 0 Å². The highest BCUT2D eigenvalue weighted by Gasteiger charge is 2.16. The second-order valence-corrected chi connectivity index (χ2v) is 5.08. The summed E-state index contributed by atoms with van der Waals surface area (Å²) in [5.74, 6) is -0.185. The fourth-order valence-electron chi connectivity index (χ4n) is 1.54. The molecule has 0 aliphatic carbocycles. The van der Waals surface area contributed by atoms with Crippen LogP contribution in [-0.2, 0) is 11.2 Å². The van der Waals surface area contributed by atoms with Gasteiger partial charge in [-0.15, -0.1) is 0 Å². The van der Waals surface area contributed by atoms with E-state index in [4.69, 9.17) is 4.74 Å². The van der Waals surface area contributed by atoms with E-state index in [1.165, 1.54) is 12.1 Å². The molecule has 2 nitrogen and oxygen atoms in total. The van der Waals surface area contributed by atoms with Crippen LogP contribution in [0.4, 0.5) is 4.39 Å². The van der Waals surface area contributed by atoms with Gasteiger partial charge in [-0.25, -0.2) is 4.39 Å². The van der Waals surface area contributed by atoms with Crippen LogP contribution >= 0.6 is 0 Å². The summed E-state index contributed by atoms with van der Waals surface area (Å²) in [6.07, 6.45) is 0.889. The summed E-state index contributed by atoms with van der Waals surface area (Å²) in [6, 6.07) is 7.00. The Kier molecular flexibility index (Phi) is 5.09. The minimum atomic E-state index is -0.185. The first kappa shape index (κ1) is 14.1. The summed E-state index contributed by atoms with van der Waals surface area (Å²) in [5, 5.41) is 3.42. The summed E-state index contributed by atoms with van der Waals surface area (Å²) in [5.41, 5.74) is 0.985. The maximum Gasteiger partial charge on any atom is 0.123 e. The van der Waals surface area contributed by atoms with Gasteiger partial charge in [0.15, 0.2) is 0 Å². The fraction of sp³-hybridized carbons (Fsp3) is 0.571. The molecule has 1 rings (SSSR count). The molecule has 0 spiro atoms. The molecule has 0 aliphatic rings. The van der Waals surface area contributed by atoms with Crippen molar-refractivity contribution in [3.63, 3.8) is 0 Å². The van der Waals surface area contributed by atoms with Crippen LogP contribution in [0.1, 0.15) is 26.3 Å². The average Bonchev–Trinajstić information content (AvgIpc) is 2.30. The Morgan fingerprint density at radius 2 is 1.88 bits per heavy atom. The number of hydrogen-bond donors (Lipinski definition) is 1. The van der Waals surface area contributed by atoms with Crippen molar-refractivity contribution < 1.29 is 9.13 Å². The molecule has 3 heteroatoms. The number of rotatable bonds is 6. The van der Waals surface area contributed by atoms with Gasteiger partial charge in [0.25, 0.3) is 0 Å². The lowest BCUT2D eigenvalue weighted by atomic mass is 10.1. The van der Waals surface area contributed by atoms with Gasteiger partial charge >= 0.3 is 0 Å². The minimum absolute atomic E-state index is 0.156. The molecule has 0 saturated heterocycles. The summed E-state index contributed by atoms with van der Waals surface area (Å²) in [6.45, 7) is 7.01. The van der Waals surface area contributed by atoms with Crippen LogP contribution in [0.25, 0.3) is 0 Å². The second kappa shape index (κ2) is 6.12. The molecule has 0 saturated carbocycles. The molecule has 1 unspecified atom stereocenters. The maximum absolute atomic E-state index is 12.7. The Morgan fingerprint density at radius 1 is 1.29 bits per heavy atom. The quantitative estimate of drug-likeness (QED) is 0.824. The normalized spacial score (nSPS) is 13.7. The van der Waals surface area contributed by atoms with Crippen molar-refractivity contribution in [2.75, 3.05) is 13.7 Å². The number of benzene rings is 1. The maximum atomic E-state index is 12.7. The highest BCUT2D eigenvalue weighted by molar-refractivity contribution is 5.17. The lowest BCUT2D eigenvalue weighted by Gasteiger charge is -2.25. The first-order valence-corrected chi connectivity index (χ1v) is 5.96. The van der Waals surface area contributed by atoms with Crippen molar-refractivity contribution in [2.45, 2.75) is 38.8 Å². The third-order valence-corrected chi connectivity index (χ3v) is 2.88. The zero-order chi connectivity index (χ0) is 12.9. The van der Waals surface area contributed by atoms with E-state index in [0.717, 1.165) is 18.5 Å². The van der Waals surface area contributed by atoms with E-state index in [1.54, 1.807) is 7.11 Å². The van der Waals surface area contributed by atoms with E-state index in [-0.39, 0.29) is 11.4 Å². The molecular formula is C14H22FNO. The standard InChI is InChI=1S/C14H22FNO/c1-11(16-10-14(2,3)17-4)9-12-5-7-13(15)8-6-12/h5-8,11,16H,9-10H2,1-4H3. The first-order valence-electron chi connectivity index (χ1n) is 5.96. The zero-order valence-corrected chi connectivity index (χ0v) is 11.1. The fourth-order valence-corrected chi connectivity index (χ4v) is 1.54. The predicted octanol–water partition coefficient (Wildman–Crippen LogP) is 2.77. The van der Waals surface area contributed by atoms with Gasteiger partial charge in [-0.1, -0.05) is 12.1 Å². The average molecular weight is 239 g/mol. The molecule has 1 aromatic rings. The molecule has 0 aromatic heterocycles. The Balaban J connectivity index is 2.39. The highest BCUT2D eigenvalue weighted by atomic mass is 19.1. The Hall–Kier alpha value is -0.930. The second-order valence-electron chi connectivity index (χ2n) is 5.08. The topological polar surface area (TPSA) is 21.3 Å². The summed E-state index contributed by atoms with van der Waals surface area (Å²) >= 11 is 0. The molecule has 1 atom stereocenters. The zero-order valence-electron chi connectivity index (χ0n) is 11.1. The number of methoxy groups -OCH3 is 1. The van der Waals surface area contributed by atoms with Crippen LogP contribution in [0, 0.1) is 5.82 Å². The van der Waals surface area contributed by atoms with Gasteiger partial charge in [0.1, 0.15) is 5.82 Å². The van der Waals surface area contributed by atoms with Crippen molar-refractivity contribution >= 4 is 0 Å². The van der Waals surface area contributed by atoms with E-state index in [1.807, 2.05) is 26.0 Å². The molecular weight excluding hydrogens is 217 g/mol. The van der Waals surface area contributed by atoms with E-state index in [0.29, 0.717) is 6.04 Å². The van der Waals surface area contributed by atoms with Crippen molar-refractivity contribution in [2.24, 2.45) is 0 Å². The van der Waals surface area contributed by atoms with Gasteiger partial charge in [0.2, 0.25) is 0 Å². The third-order valence-electron chi connectivity index (χ3n) is 2.88. The minimum Gasteiger partial charge on any atom is -0.377 e. The van der Waals surface area contributed by atoms with Gasteiger partial charge in [0.05, 0.1) is 5.60 Å². The molecule has 1 N–H and O–H groups in total. The molecule has 0 heterocycles. The monoisotopic (exact) mass is 239 g/mol. The summed E-state index contributed by atoms with van der Waals surface area (Å²) in [4.78, 5) is 0. The lowest BCUT2D eigenvalue weighted by Crippen LogP contribution is -2.41. The third kappa shape index (κ3) is 5.29. The smallest absolute Gasteiger partial charge is 0.123 e. The predicted molar refractivity (Wildman–Crippen MR) is 68.7 cm³/mol. The molecule has 0 aliphatic heterocycles. The van der Waals surface area contributed by atoms with Crippen LogP contribution in [-0.4, -0.2) is 25.3 Å². The van der Waals surface area contributed by atoms with Crippen LogP contribution in [0.5, 0.6) is 0 Å². The molecule has 17 heavy (non-hydrogen) atoms. The van der Waals surface area contributed by atoms with Gasteiger partial charge in [-0.05, 0) is 44.9 Å². The van der Waals surface area contributed by atoms with Crippen molar-refractivity contribution in [1.29, 1.82) is 0 Å². The molecule has 0 fully saturated rings. The Morgan fingerprint density at radius 3 is 2.41 bits per heavy atom. The largest absolute Gasteiger partial charge is 0.377 e. The van der Waals surface area contributed by atoms with Gasteiger partial charge in [0, 0.05) is 19.7 Å². The number of ether oxygens (including phenoxy) is 1. The molecule has 1 aromatic carbocycles. The lowest BCUT2D eigenvalue weighted by molar-refractivity contribution is 0.0215. The summed E-state index contributed by atoms with van der Waals surface area (Å²) < 4.78 is 18.1. The number of hydrogen-bond acceptors (Lipinski definition) is 2. The molecule has 0 amide bonds. The summed E-state index contributed by atoms with van der Waals surface area (Å²) in [7, 11) is 1.71. The van der Waals surface area contributed by atoms with Crippen molar-refractivity contribution in [3.05, 3.63) is 35.6 Å². The van der Waals surface area contributed by atoms with Crippen molar-refractivity contribution in [3.8, 4) is 0 Å². The van der Waals surface area contributed by atoms with E-state index >= 15 is 0 Å². The van der Waals surface area contributed by atoms with Gasteiger partial charge < -0.3 is 10.1 Å². The van der Waals surface area contributed by atoms with Crippen LogP contribution in [0.2, 0.25) is 0 Å². The Bertz CT molecular complexity index is 335. The Labute approximate surface area is 103 Å². The van der Waals surface area contributed by atoms with E-state index in [9.17, 15) is 4.39 Å². The number of halogens is 1. The number of nitrogens with one attached hydrogen (secondary N) is 1. The highest BCUT2D eigenvalue weighted by Crippen LogP contribution is 2.08. The molecule has 96 valence electrons. The first-order chi connectivity index (χ1) is 7.93. The van der Waals surface area contributed by atoms with Gasteiger partial charge in [-0.2, -0.15) is 0 Å². The van der Waals surface area contributed by atoms with Gasteiger partial charge in [-0.3, -0.25) is 0 Å². The van der Waals surface area contributed by atoms with Crippen molar-refractivity contribution in [1.82, 2.24) is 5.32 Å². The van der Waals surface area contributed by atoms with Crippen LogP contribution in [0.15, 0.2) is 24.3 Å². The molecule has 0 radical (unpaired) electrons. The van der Waals surface area contributed by atoms with E-state index < -0.39 is 0 Å². The molecule has 0 bridgehead atoms. The van der Waals surface area contributed by atoms with E-state index in [2.05, 4.69) is 12.2 Å². The SMILES string of the molecule is COC(C)(C)CNC(C)Cc1ccc(F)cc1.